The molecule has 0 unspecified atom stereocenters. The molecule has 4 heterocycles. The van der Waals surface area contributed by atoms with E-state index in [2.05, 4.69) is 103 Å². The lowest BCUT2D eigenvalue weighted by Crippen LogP contribution is -2.54. The number of carboxylic acids is 2. The normalized spacial score (nSPS) is 20.1. The van der Waals surface area contributed by atoms with Gasteiger partial charge in [-0.1, -0.05) is 128 Å². The number of aryl methyl sites for hydroxylation is 2. The third-order valence-corrected chi connectivity index (χ3v) is 18.4. The van der Waals surface area contributed by atoms with Crippen molar-refractivity contribution in [1.29, 1.82) is 0 Å². The zero-order valence-electron chi connectivity index (χ0n) is 44.4. The van der Waals surface area contributed by atoms with E-state index in [0.29, 0.717) is 17.5 Å². The summed E-state index contributed by atoms with van der Waals surface area (Å²) in [6.07, 6.45) is 4.09. The lowest BCUT2D eigenvalue weighted by Gasteiger charge is -2.56. The Morgan fingerprint density at radius 2 is 1.22 bits per heavy atom. The number of carbonyl (C=O) groups is 2. The lowest BCUT2D eigenvalue weighted by molar-refractivity contribution is -0.161. The molecule has 2 aliphatic heterocycles. The van der Waals surface area contributed by atoms with Gasteiger partial charge < -0.3 is 29.5 Å². The molecule has 0 bridgehead atoms. The van der Waals surface area contributed by atoms with Crippen LogP contribution in [0.2, 0.25) is 0 Å². The van der Waals surface area contributed by atoms with Gasteiger partial charge in [-0.3, -0.25) is 0 Å². The maximum absolute atomic E-state index is 13.6. The third kappa shape index (κ3) is 9.69. The Morgan fingerprint density at radius 3 is 1.81 bits per heavy atom. The standard InChI is InChI=1S/C61H70N4O6S2/c1-35-18-22-39(23-19-35)48-46(51(55(68)69)71-59(7,8)9)37(3)43(49-53(48)73-57(63-49)64-29-28-60(10)26-14-15-27-61(60,11)34-64)31-38-20-24-40(25-21-38)47-45(50(54(66)67)70-58(4,5)6)36(2)30-44-52(47)72-56(62-44)65-32-41-16-12-13-17-42(41)33-65/h12-13,16-25,30,50-51H,14-15,26-29,31-34H2,1-11H3,(H,66,67)(H,68,69)/t50-,51-,60-,61+/m0/s1. The molecule has 2 aromatic heterocycles. The fraction of sp³-hybridized carbons (Fsp3) is 0.443. The quantitative estimate of drug-likeness (QED) is 0.122. The highest BCUT2D eigenvalue weighted by Crippen LogP contribution is 2.57. The highest BCUT2D eigenvalue weighted by Gasteiger charge is 2.50. The first-order chi connectivity index (χ1) is 34.5. The molecule has 2 N–H and O–H groups in total. The van der Waals surface area contributed by atoms with Gasteiger partial charge in [0.25, 0.3) is 0 Å². The molecule has 1 saturated heterocycles. The van der Waals surface area contributed by atoms with Gasteiger partial charge in [0.2, 0.25) is 0 Å². The number of aliphatic carboxylic acids is 2. The van der Waals surface area contributed by atoms with E-state index in [1.165, 1.54) is 36.8 Å². The van der Waals surface area contributed by atoms with Crippen LogP contribution in [0.25, 0.3) is 42.7 Å². The van der Waals surface area contributed by atoms with E-state index < -0.39 is 35.3 Å². The Hall–Kier alpha value is -5.66. The van der Waals surface area contributed by atoms with Crippen molar-refractivity contribution in [2.24, 2.45) is 10.8 Å². The zero-order valence-corrected chi connectivity index (χ0v) is 46.0. The SMILES string of the molecule is Cc1ccc(-c2c([C@H](OC(C)(C)C)C(=O)O)c(C)c(Cc3ccc(-c4c([C@H](OC(C)(C)C)C(=O)O)c(C)cc5nc(N6Cc7ccccc7C6)sc45)cc3)c3nc(N4CC[C@]5(C)CCCC[C@]5(C)C4)sc23)cc1. The minimum Gasteiger partial charge on any atom is -0.479 e. The molecular formula is C61H70N4O6S2. The Balaban J connectivity index is 1.13. The predicted octanol–water partition coefficient (Wildman–Crippen LogP) is 15.0. The predicted molar refractivity (Wildman–Crippen MR) is 297 cm³/mol. The van der Waals surface area contributed by atoms with Crippen LogP contribution in [0.4, 0.5) is 10.3 Å². The Kier molecular flexibility index (Phi) is 13.2. The van der Waals surface area contributed by atoms with Crippen LogP contribution in [0.5, 0.6) is 0 Å². The van der Waals surface area contributed by atoms with Crippen LogP contribution >= 0.6 is 22.7 Å². The molecule has 3 aliphatic rings. The van der Waals surface area contributed by atoms with Crippen molar-refractivity contribution >= 4 is 65.3 Å². The summed E-state index contributed by atoms with van der Waals surface area (Å²) in [5.74, 6) is -2.09. The number of carboxylic acid groups (broad SMARTS) is 2. The summed E-state index contributed by atoms with van der Waals surface area (Å²) < 4.78 is 14.8. The molecule has 2 fully saturated rings. The first-order valence-corrected chi connectivity index (χ1v) is 27.6. The number of fused-ring (bicyclic) bond motifs is 4. The molecule has 12 heteroatoms. The molecule has 1 aliphatic carbocycles. The molecule has 10 rings (SSSR count). The van der Waals surface area contributed by atoms with Crippen LogP contribution in [0, 0.1) is 31.6 Å². The molecule has 0 radical (unpaired) electrons. The second-order valence-corrected chi connectivity index (χ2v) is 25.6. The number of hydrogen-bond acceptors (Lipinski definition) is 10. The van der Waals surface area contributed by atoms with E-state index in [1.54, 1.807) is 22.7 Å². The van der Waals surface area contributed by atoms with E-state index in [9.17, 15) is 19.8 Å². The minimum absolute atomic E-state index is 0.161. The van der Waals surface area contributed by atoms with E-state index >= 15 is 0 Å². The number of anilines is 2. The number of thiazole rings is 2. The molecular weight excluding hydrogens is 949 g/mol. The van der Waals surface area contributed by atoms with Crippen LogP contribution in [0.15, 0.2) is 78.9 Å². The number of hydrogen-bond donors (Lipinski definition) is 2. The van der Waals surface area contributed by atoms with Crippen LogP contribution in [-0.4, -0.2) is 56.4 Å². The molecule has 0 amide bonds. The number of benzene rings is 5. The smallest absolute Gasteiger partial charge is 0.337 e. The van der Waals surface area contributed by atoms with E-state index in [4.69, 9.17) is 19.4 Å². The van der Waals surface area contributed by atoms with Crippen molar-refractivity contribution in [3.8, 4) is 22.3 Å². The zero-order chi connectivity index (χ0) is 51.9. The second-order valence-electron chi connectivity index (χ2n) is 23.7. The van der Waals surface area contributed by atoms with Gasteiger partial charge in [0.15, 0.2) is 22.5 Å². The lowest BCUT2D eigenvalue weighted by atomic mass is 9.54. The Morgan fingerprint density at radius 1 is 0.685 bits per heavy atom. The maximum atomic E-state index is 13.6. The van der Waals surface area contributed by atoms with E-state index in [0.717, 1.165) is 113 Å². The van der Waals surface area contributed by atoms with Crippen LogP contribution < -0.4 is 9.80 Å². The van der Waals surface area contributed by atoms with Crippen molar-refractivity contribution in [2.75, 3.05) is 22.9 Å². The monoisotopic (exact) mass is 1020 g/mol. The fourth-order valence-electron chi connectivity index (χ4n) is 12.0. The summed E-state index contributed by atoms with van der Waals surface area (Å²) in [5.41, 5.74) is 12.7. The number of aromatic nitrogens is 2. The van der Waals surface area contributed by atoms with Crippen molar-refractivity contribution < 1.29 is 29.3 Å². The molecule has 5 aromatic carbocycles. The summed E-state index contributed by atoms with van der Waals surface area (Å²) in [7, 11) is 0. The minimum atomic E-state index is -1.25. The number of rotatable bonds is 12. The number of nitrogens with zero attached hydrogens (tertiary/aromatic N) is 4. The van der Waals surface area contributed by atoms with Crippen molar-refractivity contribution in [1.82, 2.24) is 9.97 Å². The molecule has 382 valence electrons. The van der Waals surface area contributed by atoms with Crippen LogP contribution in [0.1, 0.15) is 150 Å². The number of ether oxygens (including phenoxy) is 2. The summed E-state index contributed by atoms with van der Waals surface area (Å²) in [5, 5.41) is 23.9. The summed E-state index contributed by atoms with van der Waals surface area (Å²) in [4.78, 5) is 42.6. The fourth-order valence-corrected chi connectivity index (χ4v) is 14.3. The topological polar surface area (TPSA) is 125 Å². The Bertz CT molecular complexity index is 3250. The molecule has 73 heavy (non-hydrogen) atoms. The largest absolute Gasteiger partial charge is 0.479 e. The first-order valence-electron chi connectivity index (χ1n) is 25.9. The molecule has 1 saturated carbocycles. The average molecular weight is 1020 g/mol. The third-order valence-electron chi connectivity index (χ3n) is 16.1. The second kappa shape index (κ2) is 18.9. The maximum Gasteiger partial charge on any atom is 0.337 e. The highest BCUT2D eigenvalue weighted by molar-refractivity contribution is 7.23. The highest BCUT2D eigenvalue weighted by atomic mass is 32.1. The Labute approximate surface area is 438 Å². The first kappa shape index (κ1) is 50.9. The van der Waals surface area contributed by atoms with Gasteiger partial charge in [0.1, 0.15) is 0 Å². The van der Waals surface area contributed by atoms with Gasteiger partial charge in [0.05, 0.1) is 31.6 Å². The summed E-state index contributed by atoms with van der Waals surface area (Å²) >= 11 is 3.27. The van der Waals surface area contributed by atoms with E-state index in [1.807, 2.05) is 61.5 Å². The molecule has 4 atom stereocenters. The van der Waals surface area contributed by atoms with Crippen molar-refractivity contribution in [3.63, 3.8) is 0 Å². The molecule has 7 aromatic rings. The van der Waals surface area contributed by atoms with E-state index in [-0.39, 0.29) is 10.8 Å². The van der Waals surface area contributed by atoms with Gasteiger partial charge >= 0.3 is 11.9 Å². The number of piperidine rings is 1. The summed E-state index contributed by atoms with van der Waals surface area (Å²) in [6.45, 7) is 25.8. The van der Waals surface area contributed by atoms with Gasteiger partial charge in [0, 0.05) is 48.4 Å². The summed E-state index contributed by atoms with van der Waals surface area (Å²) in [6, 6.07) is 27.3. The van der Waals surface area contributed by atoms with Gasteiger partial charge in [-0.15, -0.1) is 0 Å². The van der Waals surface area contributed by atoms with Crippen molar-refractivity contribution in [2.45, 2.75) is 151 Å². The van der Waals surface area contributed by atoms with Gasteiger partial charge in [-0.25, -0.2) is 19.6 Å². The van der Waals surface area contributed by atoms with Gasteiger partial charge in [-0.2, -0.15) is 0 Å². The molecule has 10 nitrogen and oxygen atoms in total. The van der Waals surface area contributed by atoms with Crippen LogP contribution in [-0.2, 0) is 38.6 Å². The average Bonchev–Trinajstić information content (AvgIpc) is 4.08. The van der Waals surface area contributed by atoms with Crippen molar-refractivity contribution in [3.05, 3.63) is 129 Å². The van der Waals surface area contributed by atoms with Gasteiger partial charge in [-0.05, 0) is 149 Å². The van der Waals surface area contributed by atoms with Crippen LogP contribution in [0.3, 0.4) is 0 Å². The molecule has 0 spiro atoms.